The number of carbonyl (C=O) groups excluding carboxylic acids is 1. The molecule has 4 rings (SSSR count). The van der Waals surface area contributed by atoms with Gasteiger partial charge in [-0.3, -0.25) is 9.48 Å². The van der Waals surface area contributed by atoms with Gasteiger partial charge in [-0.05, 0) is 35.9 Å². The minimum atomic E-state index is 0.0688. The summed E-state index contributed by atoms with van der Waals surface area (Å²) >= 11 is 5.97. The van der Waals surface area contributed by atoms with E-state index in [1.54, 1.807) is 12.3 Å². The summed E-state index contributed by atoms with van der Waals surface area (Å²) in [5, 5.41) is 4.69. The van der Waals surface area contributed by atoms with Crippen LogP contribution in [0, 0.1) is 0 Å². The fourth-order valence-corrected chi connectivity index (χ4v) is 3.39. The molecule has 0 N–H and O–H groups in total. The lowest BCUT2D eigenvalue weighted by molar-refractivity contribution is 0.0746. The third-order valence-electron chi connectivity index (χ3n) is 4.70. The van der Waals surface area contributed by atoms with Gasteiger partial charge in [0.15, 0.2) is 0 Å². The molecule has 27 heavy (non-hydrogen) atoms. The monoisotopic (exact) mass is 381 g/mol. The Balaban J connectivity index is 1.36. The third kappa shape index (κ3) is 4.11. The lowest BCUT2D eigenvalue weighted by Gasteiger charge is -2.35. The van der Waals surface area contributed by atoms with Crippen LogP contribution in [0.25, 0.3) is 0 Å². The van der Waals surface area contributed by atoms with Gasteiger partial charge in [-0.1, -0.05) is 29.8 Å². The molecule has 1 aliphatic heterocycles. The van der Waals surface area contributed by atoms with E-state index in [1.165, 1.54) is 0 Å². The summed E-state index contributed by atoms with van der Waals surface area (Å²) in [6.07, 6.45) is 3.68. The maximum atomic E-state index is 12.8. The number of hydrogen-bond acceptors (Lipinski definition) is 4. The smallest absolute Gasteiger partial charge is 0.253 e. The highest BCUT2D eigenvalue weighted by Crippen LogP contribution is 2.17. The van der Waals surface area contributed by atoms with Crippen LogP contribution in [0.4, 0.5) is 5.82 Å². The van der Waals surface area contributed by atoms with E-state index < -0.39 is 0 Å². The van der Waals surface area contributed by atoms with Gasteiger partial charge < -0.3 is 9.80 Å². The molecule has 0 spiro atoms. The van der Waals surface area contributed by atoms with E-state index in [0.29, 0.717) is 30.4 Å². The quantitative estimate of drug-likeness (QED) is 0.652. The summed E-state index contributed by atoms with van der Waals surface area (Å²) in [7, 11) is 0. The summed E-state index contributed by atoms with van der Waals surface area (Å²) in [6, 6.07) is 15.3. The number of benzene rings is 1. The number of pyridine rings is 1. The van der Waals surface area contributed by atoms with E-state index in [2.05, 4.69) is 15.0 Å². The summed E-state index contributed by atoms with van der Waals surface area (Å²) in [4.78, 5) is 21.2. The standard InChI is InChI=1S/C20H20ClN5O/c21-18-3-1-4-19(23-18)24-11-13-25(14-12-24)20(27)17-7-5-16(6-8-17)15-26-10-2-9-22-26/h1-10H,11-15H2. The van der Waals surface area contributed by atoms with Crippen LogP contribution in [0.3, 0.4) is 0 Å². The van der Waals surface area contributed by atoms with E-state index in [0.717, 1.165) is 24.5 Å². The van der Waals surface area contributed by atoms with Crippen LogP contribution in [0.1, 0.15) is 15.9 Å². The molecular formula is C20H20ClN5O. The molecule has 7 heteroatoms. The second kappa shape index (κ2) is 7.80. The fraction of sp³-hybridized carbons (Fsp3) is 0.250. The molecule has 1 fully saturated rings. The van der Waals surface area contributed by atoms with E-state index in [1.807, 2.05) is 58.2 Å². The van der Waals surface area contributed by atoms with Crippen LogP contribution < -0.4 is 4.90 Å². The Morgan fingerprint density at radius 3 is 2.44 bits per heavy atom. The SMILES string of the molecule is O=C(c1ccc(Cn2cccn2)cc1)N1CCN(c2cccc(Cl)n2)CC1. The van der Waals surface area contributed by atoms with Crippen molar-refractivity contribution in [2.45, 2.75) is 6.54 Å². The molecule has 138 valence electrons. The Morgan fingerprint density at radius 1 is 1.00 bits per heavy atom. The number of aromatic nitrogens is 3. The van der Waals surface area contributed by atoms with Crippen molar-refractivity contribution in [3.63, 3.8) is 0 Å². The molecule has 0 aliphatic carbocycles. The third-order valence-corrected chi connectivity index (χ3v) is 4.91. The van der Waals surface area contributed by atoms with Crippen molar-refractivity contribution in [2.75, 3.05) is 31.1 Å². The molecule has 6 nitrogen and oxygen atoms in total. The van der Waals surface area contributed by atoms with Crippen molar-refractivity contribution in [2.24, 2.45) is 0 Å². The van der Waals surface area contributed by atoms with Gasteiger partial charge in [0.05, 0.1) is 6.54 Å². The van der Waals surface area contributed by atoms with Gasteiger partial charge in [-0.2, -0.15) is 5.10 Å². The molecule has 3 aromatic rings. The van der Waals surface area contributed by atoms with Crippen molar-refractivity contribution >= 4 is 23.3 Å². The fourth-order valence-electron chi connectivity index (χ4n) is 3.23. The van der Waals surface area contributed by atoms with Crippen LogP contribution in [0.5, 0.6) is 0 Å². The van der Waals surface area contributed by atoms with E-state index in [4.69, 9.17) is 11.6 Å². The van der Waals surface area contributed by atoms with Crippen LogP contribution >= 0.6 is 11.6 Å². The number of nitrogens with zero attached hydrogens (tertiary/aromatic N) is 5. The zero-order chi connectivity index (χ0) is 18.6. The molecule has 0 bridgehead atoms. The number of amides is 1. The van der Waals surface area contributed by atoms with Gasteiger partial charge >= 0.3 is 0 Å². The minimum Gasteiger partial charge on any atom is -0.353 e. The van der Waals surface area contributed by atoms with Gasteiger partial charge in [0.2, 0.25) is 0 Å². The highest BCUT2D eigenvalue weighted by Gasteiger charge is 2.22. The van der Waals surface area contributed by atoms with Gasteiger partial charge in [0.1, 0.15) is 11.0 Å². The second-order valence-electron chi connectivity index (χ2n) is 6.50. The summed E-state index contributed by atoms with van der Waals surface area (Å²) in [5.74, 6) is 0.928. The van der Waals surface area contributed by atoms with E-state index >= 15 is 0 Å². The van der Waals surface area contributed by atoms with Crippen molar-refractivity contribution in [1.82, 2.24) is 19.7 Å². The molecular weight excluding hydrogens is 362 g/mol. The van der Waals surface area contributed by atoms with Gasteiger partial charge in [0.25, 0.3) is 5.91 Å². The Labute approximate surface area is 163 Å². The minimum absolute atomic E-state index is 0.0688. The van der Waals surface area contributed by atoms with Crippen LogP contribution in [-0.4, -0.2) is 51.8 Å². The molecule has 0 atom stereocenters. The predicted molar refractivity (Wildman–Crippen MR) is 105 cm³/mol. The predicted octanol–water partition coefficient (Wildman–Crippen LogP) is 2.94. The Hall–Kier alpha value is -2.86. The molecule has 3 heterocycles. The first-order valence-corrected chi connectivity index (χ1v) is 9.30. The first-order valence-electron chi connectivity index (χ1n) is 8.92. The molecule has 1 amide bonds. The Bertz CT molecular complexity index is 902. The van der Waals surface area contributed by atoms with Crippen LogP contribution in [0.2, 0.25) is 5.15 Å². The summed E-state index contributed by atoms with van der Waals surface area (Å²) in [6.45, 7) is 3.53. The van der Waals surface area contributed by atoms with Crippen molar-refractivity contribution in [1.29, 1.82) is 0 Å². The van der Waals surface area contributed by atoms with Crippen molar-refractivity contribution in [3.05, 3.63) is 77.2 Å². The molecule has 0 saturated carbocycles. The van der Waals surface area contributed by atoms with Gasteiger partial charge in [-0.25, -0.2) is 4.98 Å². The summed E-state index contributed by atoms with van der Waals surface area (Å²) < 4.78 is 1.86. The highest BCUT2D eigenvalue weighted by atomic mass is 35.5. The Kier molecular flexibility index (Phi) is 5.07. The van der Waals surface area contributed by atoms with Crippen molar-refractivity contribution < 1.29 is 4.79 Å². The lowest BCUT2D eigenvalue weighted by atomic mass is 10.1. The topological polar surface area (TPSA) is 54.3 Å². The number of carbonyl (C=O) groups is 1. The highest BCUT2D eigenvalue weighted by molar-refractivity contribution is 6.29. The van der Waals surface area contributed by atoms with E-state index in [9.17, 15) is 4.79 Å². The molecule has 1 aliphatic rings. The number of piperazine rings is 1. The maximum Gasteiger partial charge on any atom is 0.253 e. The van der Waals surface area contributed by atoms with Crippen LogP contribution in [0.15, 0.2) is 60.9 Å². The number of halogens is 1. The van der Waals surface area contributed by atoms with Gasteiger partial charge in [-0.15, -0.1) is 0 Å². The molecule has 0 radical (unpaired) electrons. The summed E-state index contributed by atoms with van der Waals surface area (Å²) in [5.41, 5.74) is 1.83. The van der Waals surface area contributed by atoms with Crippen LogP contribution in [-0.2, 0) is 6.54 Å². The first kappa shape index (κ1) is 17.5. The zero-order valence-electron chi connectivity index (χ0n) is 14.8. The lowest BCUT2D eigenvalue weighted by Crippen LogP contribution is -2.49. The number of hydrogen-bond donors (Lipinski definition) is 0. The average molecular weight is 382 g/mol. The largest absolute Gasteiger partial charge is 0.353 e. The number of rotatable bonds is 4. The molecule has 0 unspecified atom stereocenters. The molecule has 2 aromatic heterocycles. The molecule has 1 saturated heterocycles. The number of anilines is 1. The second-order valence-corrected chi connectivity index (χ2v) is 6.89. The average Bonchev–Trinajstić information content (AvgIpc) is 3.21. The van der Waals surface area contributed by atoms with Crippen molar-refractivity contribution in [3.8, 4) is 0 Å². The maximum absolute atomic E-state index is 12.8. The molecule has 1 aromatic carbocycles. The zero-order valence-corrected chi connectivity index (χ0v) is 15.6. The van der Waals surface area contributed by atoms with Gasteiger partial charge in [0, 0.05) is 44.1 Å². The normalized spacial score (nSPS) is 14.4. The van der Waals surface area contributed by atoms with E-state index in [-0.39, 0.29) is 5.91 Å². The Morgan fingerprint density at radius 2 is 1.78 bits per heavy atom. The first-order chi connectivity index (χ1) is 13.2.